The maximum atomic E-state index is 13.2. The van der Waals surface area contributed by atoms with E-state index >= 15 is 0 Å². The summed E-state index contributed by atoms with van der Waals surface area (Å²) in [5, 5.41) is 6.36. The van der Waals surface area contributed by atoms with Gasteiger partial charge in [-0.25, -0.2) is 0 Å². The van der Waals surface area contributed by atoms with E-state index in [1.54, 1.807) is 7.11 Å². The molecular weight excluding hydrogens is 416 g/mol. The lowest BCUT2D eigenvalue weighted by Gasteiger charge is -2.24. The predicted octanol–water partition coefficient (Wildman–Crippen LogP) is 4.76. The second kappa shape index (κ2) is 11.5. The number of carbonyl (C=O) groups is 1. The van der Waals surface area contributed by atoms with Crippen LogP contribution in [-0.2, 0) is 4.74 Å². The molecule has 0 unspecified atom stereocenters. The fraction of sp³-hybridized carbons (Fsp3) is 0.296. The average Bonchev–Trinajstić information content (AvgIpc) is 2.85. The zero-order valence-electron chi connectivity index (χ0n) is 18.9. The van der Waals surface area contributed by atoms with Crippen molar-refractivity contribution in [2.75, 3.05) is 38.7 Å². The van der Waals surface area contributed by atoms with E-state index in [-0.39, 0.29) is 12.0 Å². The normalized spacial score (nSPS) is 14.0. The lowest BCUT2D eigenvalue weighted by Crippen LogP contribution is -2.34. The number of rotatable bonds is 9. The Morgan fingerprint density at radius 3 is 2.52 bits per heavy atom. The van der Waals surface area contributed by atoms with E-state index in [0.717, 1.165) is 48.6 Å². The second-order valence-corrected chi connectivity index (χ2v) is 7.96. The van der Waals surface area contributed by atoms with Crippen molar-refractivity contribution in [1.29, 1.82) is 0 Å². The Kier molecular flexibility index (Phi) is 7.95. The summed E-state index contributed by atoms with van der Waals surface area (Å²) in [7, 11) is 1.65. The average molecular weight is 447 g/mol. The first-order valence-corrected chi connectivity index (χ1v) is 11.3. The number of ether oxygens (including phenoxy) is 3. The largest absolute Gasteiger partial charge is 0.491 e. The molecule has 6 nitrogen and oxygen atoms in total. The molecule has 0 radical (unpaired) electrons. The zero-order valence-corrected chi connectivity index (χ0v) is 18.9. The van der Waals surface area contributed by atoms with Crippen LogP contribution in [0.5, 0.6) is 11.5 Å². The van der Waals surface area contributed by atoms with E-state index < -0.39 is 0 Å². The van der Waals surface area contributed by atoms with Crippen molar-refractivity contribution in [2.45, 2.75) is 18.9 Å². The van der Waals surface area contributed by atoms with Gasteiger partial charge >= 0.3 is 0 Å². The number of carbonyl (C=O) groups excluding carboxylic acids is 1. The standard InChI is InChI=1S/C27H30N2O4/c1-31-17-18-32-22-11-9-20(10-12-22)25-7-2-3-8-26(25)27(30)29-21-5-4-6-24(19-21)33-23-13-15-28-16-14-23/h2-12,19,23,28H,13-18H2,1H3,(H,29,30). The number of hydrogen-bond donors (Lipinski definition) is 2. The zero-order chi connectivity index (χ0) is 22.9. The van der Waals surface area contributed by atoms with Gasteiger partial charge in [0.25, 0.3) is 5.91 Å². The molecule has 3 aromatic carbocycles. The van der Waals surface area contributed by atoms with Gasteiger partial charge in [-0.2, -0.15) is 0 Å². The third-order valence-corrected chi connectivity index (χ3v) is 5.57. The van der Waals surface area contributed by atoms with Gasteiger partial charge < -0.3 is 24.8 Å². The van der Waals surface area contributed by atoms with Gasteiger partial charge in [0.15, 0.2) is 0 Å². The van der Waals surface area contributed by atoms with Gasteiger partial charge in [-0.1, -0.05) is 36.4 Å². The molecule has 33 heavy (non-hydrogen) atoms. The third kappa shape index (κ3) is 6.34. The highest BCUT2D eigenvalue weighted by Gasteiger charge is 2.16. The molecule has 0 spiro atoms. The van der Waals surface area contributed by atoms with E-state index in [1.165, 1.54) is 0 Å². The van der Waals surface area contributed by atoms with E-state index in [2.05, 4.69) is 10.6 Å². The van der Waals surface area contributed by atoms with Crippen molar-refractivity contribution < 1.29 is 19.0 Å². The van der Waals surface area contributed by atoms with E-state index in [9.17, 15) is 4.79 Å². The van der Waals surface area contributed by atoms with Crippen LogP contribution in [0.25, 0.3) is 11.1 Å². The van der Waals surface area contributed by atoms with E-state index in [4.69, 9.17) is 14.2 Å². The minimum Gasteiger partial charge on any atom is -0.491 e. The fourth-order valence-electron chi connectivity index (χ4n) is 3.86. The Morgan fingerprint density at radius 1 is 0.939 bits per heavy atom. The molecule has 1 aliphatic rings. The molecule has 0 saturated carbocycles. The lowest BCUT2D eigenvalue weighted by atomic mass is 9.99. The van der Waals surface area contributed by atoms with Crippen LogP contribution in [0.3, 0.4) is 0 Å². The summed E-state index contributed by atoms with van der Waals surface area (Å²) in [6, 6.07) is 22.9. The van der Waals surface area contributed by atoms with Crippen molar-refractivity contribution in [2.24, 2.45) is 0 Å². The van der Waals surface area contributed by atoms with Crippen LogP contribution in [0.15, 0.2) is 72.8 Å². The maximum absolute atomic E-state index is 13.2. The van der Waals surface area contributed by atoms with Crippen molar-refractivity contribution in [3.8, 4) is 22.6 Å². The summed E-state index contributed by atoms with van der Waals surface area (Å²) in [6.45, 7) is 2.97. The molecule has 3 aromatic rings. The molecule has 4 rings (SSSR count). The molecule has 1 fully saturated rings. The van der Waals surface area contributed by atoms with Crippen LogP contribution in [0.1, 0.15) is 23.2 Å². The van der Waals surface area contributed by atoms with Crippen LogP contribution < -0.4 is 20.1 Å². The molecule has 0 aromatic heterocycles. The molecule has 0 bridgehead atoms. The van der Waals surface area contributed by atoms with Crippen LogP contribution in [0.4, 0.5) is 5.69 Å². The number of anilines is 1. The number of amides is 1. The highest BCUT2D eigenvalue weighted by molar-refractivity contribution is 6.08. The molecular formula is C27H30N2O4. The van der Waals surface area contributed by atoms with Crippen molar-refractivity contribution in [1.82, 2.24) is 5.32 Å². The molecule has 0 atom stereocenters. The Hall–Kier alpha value is -3.35. The summed E-state index contributed by atoms with van der Waals surface area (Å²) in [5.74, 6) is 1.38. The fourth-order valence-corrected chi connectivity index (χ4v) is 3.86. The van der Waals surface area contributed by atoms with Gasteiger partial charge in [-0.3, -0.25) is 4.79 Å². The molecule has 172 valence electrons. The monoisotopic (exact) mass is 446 g/mol. The van der Waals surface area contributed by atoms with Gasteiger partial charge in [-0.05, 0) is 67.4 Å². The number of hydrogen-bond acceptors (Lipinski definition) is 5. The molecule has 6 heteroatoms. The quantitative estimate of drug-likeness (QED) is 0.464. The van der Waals surface area contributed by atoms with Gasteiger partial charge in [0, 0.05) is 24.4 Å². The second-order valence-electron chi connectivity index (χ2n) is 7.96. The molecule has 1 heterocycles. The maximum Gasteiger partial charge on any atom is 0.256 e. The molecule has 2 N–H and O–H groups in total. The lowest BCUT2D eigenvalue weighted by molar-refractivity contribution is 0.102. The summed E-state index contributed by atoms with van der Waals surface area (Å²) in [6.07, 6.45) is 2.18. The predicted molar refractivity (Wildman–Crippen MR) is 130 cm³/mol. The SMILES string of the molecule is COCCOc1ccc(-c2ccccc2C(=O)Nc2cccc(OC3CCNCC3)c2)cc1. The van der Waals surface area contributed by atoms with Crippen molar-refractivity contribution in [3.63, 3.8) is 0 Å². The van der Waals surface area contributed by atoms with Crippen LogP contribution in [0, 0.1) is 0 Å². The first kappa shape index (κ1) is 22.8. The first-order chi connectivity index (χ1) is 16.2. The first-order valence-electron chi connectivity index (χ1n) is 11.3. The number of piperidine rings is 1. The Morgan fingerprint density at radius 2 is 1.73 bits per heavy atom. The van der Waals surface area contributed by atoms with Crippen molar-refractivity contribution >= 4 is 11.6 Å². The third-order valence-electron chi connectivity index (χ3n) is 5.57. The molecule has 1 aliphatic heterocycles. The highest BCUT2D eigenvalue weighted by atomic mass is 16.5. The smallest absolute Gasteiger partial charge is 0.256 e. The van der Waals surface area contributed by atoms with E-state index in [1.807, 2.05) is 72.8 Å². The summed E-state index contributed by atoms with van der Waals surface area (Å²) in [4.78, 5) is 13.2. The van der Waals surface area contributed by atoms with Crippen LogP contribution >= 0.6 is 0 Å². The van der Waals surface area contributed by atoms with Gasteiger partial charge in [0.2, 0.25) is 0 Å². The summed E-state index contributed by atoms with van der Waals surface area (Å²) >= 11 is 0. The Balaban J connectivity index is 1.45. The van der Waals surface area contributed by atoms with Gasteiger partial charge in [-0.15, -0.1) is 0 Å². The van der Waals surface area contributed by atoms with Gasteiger partial charge in [0.1, 0.15) is 24.2 Å². The minimum absolute atomic E-state index is 0.162. The molecule has 1 amide bonds. The van der Waals surface area contributed by atoms with Crippen LogP contribution in [0.2, 0.25) is 0 Å². The topological polar surface area (TPSA) is 68.8 Å². The van der Waals surface area contributed by atoms with Crippen LogP contribution in [-0.4, -0.2) is 45.4 Å². The number of methoxy groups -OCH3 is 1. The summed E-state index contributed by atoms with van der Waals surface area (Å²) < 4.78 is 16.8. The van der Waals surface area contributed by atoms with Gasteiger partial charge in [0.05, 0.1) is 6.61 Å². The van der Waals surface area contributed by atoms with E-state index in [0.29, 0.717) is 24.5 Å². The Labute approximate surface area is 194 Å². The minimum atomic E-state index is -0.162. The number of nitrogens with one attached hydrogen (secondary N) is 2. The molecule has 0 aliphatic carbocycles. The molecule has 1 saturated heterocycles. The Bertz CT molecular complexity index is 1050. The summed E-state index contributed by atoms with van der Waals surface area (Å²) in [5.41, 5.74) is 3.13. The highest BCUT2D eigenvalue weighted by Crippen LogP contribution is 2.27. The number of benzene rings is 3. The van der Waals surface area contributed by atoms with Crippen molar-refractivity contribution in [3.05, 3.63) is 78.4 Å².